The fraction of sp³-hybridized carbons (Fsp3) is 0.273. The molecule has 1 atom stereocenters. The van der Waals surface area contributed by atoms with Gasteiger partial charge in [0.05, 0.1) is 5.84 Å². The largest absolute Gasteiger partial charge is 0.387 e. The van der Waals surface area contributed by atoms with Crippen LogP contribution in [0.25, 0.3) is 0 Å². The van der Waals surface area contributed by atoms with Gasteiger partial charge in [-0.25, -0.2) is 4.99 Å². The van der Waals surface area contributed by atoms with E-state index >= 15 is 0 Å². The summed E-state index contributed by atoms with van der Waals surface area (Å²) in [5.41, 5.74) is 7.25. The number of benzene rings is 1. The van der Waals surface area contributed by atoms with Crippen molar-refractivity contribution in [2.45, 2.75) is 19.5 Å². The number of hydrogen-bond acceptors (Lipinski definition) is 2. The fourth-order valence-electron chi connectivity index (χ4n) is 1.58. The highest BCUT2D eigenvalue weighted by Crippen LogP contribution is 2.25. The van der Waals surface area contributed by atoms with Gasteiger partial charge in [0.2, 0.25) is 0 Å². The van der Waals surface area contributed by atoms with E-state index < -0.39 is 0 Å². The van der Waals surface area contributed by atoms with Gasteiger partial charge < -0.3 is 11.1 Å². The third-order valence-electron chi connectivity index (χ3n) is 2.42. The van der Waals surface area contributed by atoms with Gasteiger partial charge in [0.25, 0.3) is 5.91 Å². The second-order valence-electron chi connectivity index (χ2n) is 3.44. The third-order valence-corrected chi connectivity index (χ3v) is 2.42. The molecule has 1 amide bonds. The van der Waals surface area contributed by atoms with E-state index in [1.54, 1.807) is 6.07 Å². The van der Waals surface area contributed by atoms with Crippen molar-refractivity contribution in [3.8, 4) is 0 Å². The zero-order chi connectivity index (χ0) is 10.8. The Morgan fingerprint density at radius 1 is 1.53 bits per heavy atom. The van der Waals surface area contributed by atoms with Crippen molar-refractivity contribution in [3.05, 3.63) is 35.4 Å². The van der Waals surface area contributed by atoms with Gasteiger partial charge in [0.15, 0.2) is 0 Å². The molecule has 1 aliphatic heterocycles. The van der Waals surface area contributed by atoms with Gasteiger partial charge in [-0.3, -0.25) is 4.79 Å². The lowest BCUT2D eigenvalue weighted by molar-refractivity contribution is 0.0957. The molecule has 15 heavy (non-hydrogen) atoms. The molecular formula is C11H13N3O. The van der Waals surface area contributed by atoms with Crippen molar-refractivity contribution < 1.29 is 4.79 Å². The third kappa shape index (κ3) is 1.70. The van der Waals surface area contributed by atoms with Crippen molar-refractivity contribution in [3.63, 3.8) is 0 Å². The van der Waals surface area contributed by atoms with Gasteiger partial charge in [0.1, 0.15) is 6.17 Å². The summed E-state index contributed by atoms with van der Waals surface area (Å²) in [6, 6.07) is 7.42. The van der Waals surface area contributed by atoms with E-state index in [-0.39, 0.29) is 12.1 Å². The van der Waals surface area contributed by atoms with Crippen LogP contribution in [0.5, 0.6) is 0 Å². The number of fused-ring (bicyclic) bond motifs is 1. The van der Waals surface area contributed by atoms with Crippen LogP contribution in [0.1, 0.15) is 35.4 Å². The van der Waals surface area contributed by atoms with Gasteiger partial charge in [-0.05, 0) is 6.07 Å². The van der Waals surface area contributed by atoms with Crippen LogP contribution in [0.4, 0.5) is 0 Å². The highest BCUT2D eigenvalue weighted by molar-refractivity contribution is 5.99. The summed E-state index contributed by atoms with van der Waals surface area (Å²) in [6.45, 7) is 1.93. The standard InChI is InChI=1S/C11H13N3O/c1-2-9(12)13-10-7-5-3-4-6-8(7)11(15)14-10/h3-6,10H,2H2,1H3,(H2,12,13)(H,14,15). The van der Waals surface area contributed by atoms with Crippen LogP contribution in [0, 0.1) is 0 Å². The Bertz CT molecular complexity index is 426. The first-order chi connectivity index (χ1) is 7.22. The highest BCUT2D eigenvalue weighted by Gasteiger charge is 2.27. The number of amides is 1. The predicted molar refractivity (Wildman–Crippen MR) is 58.6 cm³/mol. The van der Waals surface area contributed by atoms with E-state index in [9.17, 15) is 4.79 Å². The van der Waals surface area contributed by atoms with E-state index in [1.165, 1.54) is 0 Å². The van der Waals surface area contributed by atoms with Crippen LogP contribution in [-0.2, 0) is 0 Å². The maximum Gasteiger partial charge on any atom is 0.253 e. The van der Waals surface area contributed by atoms with Crippen LogP contribution in [0.15, 0.2) is 29.3 Å². The number of nitrogens with one attached hydrogen (secondary N) is 1. The zero-order valence-corrected chi connectivity index (χ0v) is 8.53. The molecule has 0 spiro atoms. The fourth-order valence-corrected chi connectivity index (χ4v) is 1.58. The molecule has 0 aromatic heterocycles. The summed E-state index contributed by atoms with van der Waals surface area (Å²) in [6.07, 6.45) is 0.378. The minimum absolute atomic E-state index is 0.0803. The molecule has 0 radical (unpaired) electrons. The Balaban J connectivity index is 2.37. The maximum atomic E-state index is 11.5. The Labute approximate surface area is 88.2 Å². The second kappa shape index (κ2) is 3.73. The first-order valence-corrected chi connectivity index (χ1v) is 4.94. The average Bonchev–Trinajstić information content (AvgIpc) is 2.57. The first-order valence-electron chi connectivity index (χ1n) is 4.94. The topological polar surface area (TPSA) is 67.5 Å². The number of nitrogens with two attached hydrogens (primary N) is 1. The van der Waals surface area contributed by atoms with Gasteiger partial charge in [-0.1, -0.05) is 25.1 Å². The molecule has 0 saturated heterocycles. The normalized spacial score (nSPS) is 19.9. The van der Waals surface area contributed by atoms with E-state index in [4.69, 9.17) is 5.73 Å². The molecule has 0 aliphatic carbocycles. The quantitative estimate of drug-likeness (QED) is 0.560. The average molecular weight is 203 g/mol. The number of aliphatic imine (C=N–C) groups is 1. The van der Waals surface area contributed by atoms with Crippen LogP contribution < -0.4 is 11.1 Å². The molecule has 4 nitrogen and oxygen atoms in total. The lowest BCUT2D eigenvalue weighted by Crippen LogP contribution is -2.21. The summed E-state index contributed by atoms with van der Waals surface area (Å²) in [5, 5.41) is 2.78. The summed E-state index contributed by atoms with van der Waals surface area (Å²) in [4.78, 5) is 15.8. The van der Waals surface area contributed by atoms with Gasteiger partial charge >= 0.3 is 0 Å². The molecule has 4 heteroatoms. The summed E-state index contributed by atoms with van der Waals surface area (Å²) in [5.74, 6) is 0.472. The van der Waals surface area contributed by atoms with Gasteiger partial charge in [-0.2, -0.15) is 0 Å². The summed E-state index contributed by atoms with van der Waals surface area (Å²) in [7, 11) is 0. The van der Waals surface area contributed by atoms with Crippen LogP contribution in [-0.4, -0.2) is 11.7 Å². The summed E-state index contributed by atoms with van der Waals surface area (Å²) >= 11 is 0. The number of amidine groups is 1. The number of hydrogen-bond donors (Lipinski definition) is 2. The smallest absolute Gasteiger partial charge is 0.253 e. The zero-order valence-electron chi connectivity index (χ0n) is 8.53. The van der Waals surface area contributed by atoms with E-state index in [2.05, 4.69) is 10.3 Å². The SMILES string of the molecule is CCC(N)=NC1NC(=O)c2ccccc21. The molecule has 2 rings (SSSR count). The molecule has 0 saturated carbocycles. The van der Waals surface area contributed by atoms with E-state index in [0.717, 1.165) is 5.56 Å². The van der Waals surface area contributed by atoms with E-state index in [1.807, 2.05) is 25.1 Å². The molecule has 1 aromatic carbocycles. The lowest BCUT2D eigenvalue weighted by Gasteiger charge is -2.06. The lowest BCUT2D eigenvalue weighted by atomic mass is 10.1. The minimum Gasteiger partial charge on any atom is -0.387 e. The Kier molecular flexibility index (Phi) is 2.41. The van der Waals surface area contributed by atoms with Crippen LogP contribution in [0.2, 0.25) is 0 Å². The van der Waals surface area contributed by atoms with Crippen LogP contribution in [0.3, 0.4) is 0 Å². The van der Waals surface area contributed by atoms with Crippen molar-refractivity contribution >= 4 is 11.7 Å². The number of nitrogens with zero attached hydrogens (tertiary/aromatic N) is 1. The van der Waals surface area contributed by atoms with Crippen molar-refractivity contribution in [2.24, 2.45) is 10.7 Å². The molecule has 1 unspecified atom stereocenters. The molecule has 3 N–H and O–H groups in total. The number of carbonyl (C=O) groups is 1. The minimum atomic E-state index is -0.311. The van der Waals surface area contributed by atoms with Gasteiger partial charge in [0, 0.05) is 17.5 Å². The molecule has 0 bridgehead atoms. The predicted octanol–water partition coefficient (Wildman–Crippen LogP) is 1.20. The Hall–Kier alpha value is -1.84. The van der Waals surface area contributed by atoms with E-state index in [0.29, 0.717) is 17.8 Å². The van der Waals surface area contributed by atoms with Crippen molar-refractivity contribution in [2.75, 3.05) is 0 Å². The molecule has 1 heterocycles. The highest BCUT2D eigenvalue weighted by atomic mass is 16.2. The number of carbonyl (C=O) groups excluding carboxylic acids is 1. The summed E-state index contributed by atoms with van der Waals surface area (Å²) < 4.78 is 0. The maximum absolute atomic E-state index is 11.5. The molecular weight excluding hydrogens is 190 g/mol. The van der Waals surface area contributed by atoms with Crippen molar-refractivity contribution in [1.29, 1.82) is 0 Å². The van der Waals surface area contributed by atoms with Gasteiger partial charge in [-0.15, -0.1) is 0 Å². The number of rotatable bonds is 2. The molecule has 1 aliphatic rings. The molecule has 78 valence electrons. The monoisotopic (exact) mass is 203 g/mol. The Morgan fingerprint density at radius 2 is 2.27 bits per heavy atom. The molecule has 1 aromatic rings. The van der Waals surface area contributed by atoms with Crippen molar-refractivity contribution in [1.82, 2.24) is 5.32 Å². The second-order valence-corrected chi connectivity index (χ2v) is 3.44. The molecule has 0 fully saturated rings. The first kappa shape index (κ1) is 9.71. The van der Waals surface area contributed by atoms with Crippen LogP contribution >= 0.6 is 0 Å². The Morgan fingerprint density at radius 3 is 3.00 bits per heavy atom.